The fourth-order valence-corrected chi connectivity index (χ4v) is 2.80. The van der Waals surface area contributed by atoms with E-state index >= 15 is 0 Å². The Hall–Kier alpha value is -0.0900. The van der Waals surface area contributed by atoms with Crippen LogP contribution < -0.4 is 5.32 Å². The van der Waals surface area contributed by atoms with E-state index in [0.717, 1.165) is 17.4 Å². The number of thiophene rings is 1. The van der Waals surface area contributed by atoms with Gasteiger partial charge in [0.2, 0.25) is 0 Å². The second-order valence-corrected chi connectivity index (χ2v) is 5.54. The SMILES string of the molecule is CC(c1ccc(Cl)s1)N(C)C1CNC1. The minimum Gasteiger partial charge on any atom is -0.314 e. The number of nitrogens with zero attached hydrogens (tertiary/aromatic N) is 1. The van der Waals surface area contributed by atoms with Crippen LogP contribution in [0.5, 0.6) is 0 Å². The average molecular weight is 231 g/mol. The van der Waals surface area contributed by atoms with Crippen LogP contribution in [-0.2, 0) is 0 Å². The molecule has 4 heteroatoms. The summed E-state index contributed by atoms with van der Waals surface area (Å²) in [6.07, 6.45) is 0. The average Bonchev–Trinajstić information content (AvgIpc) is 2.47. The first-order valence-corrected chi connectivity index (χ1v) is 6.06. The molecule has 2 heterocycles. The van der Waals surface area contributed by atoms with Gasteiger partial charge in [-0.3, -0.25) is 4.90 Å². The molecular weight excluding hydrogens is 216 g/mol. The monoisotopic (exact) mass is 230 g/mol. The molecule has 1 N–H and O–H groups in total. The molecule has 1 unspecified atom stereocenters. The van der Waals surface area contributed by atoms with E-state index in [1.807, 2.05) is 6.07 Å². The maximum absolute atomic E-state index is 5.92. The first-order chi connectivity index (χ1) is 6.68. The Kier molecular flexibility index (Phi) is 3.12. The van der Waals surface area contributed by atoms with Crippen LogP contribution in [-0.4, -0.2) is 31.1 Å². The molecule has 1 aliphatic rings. The van der Waals surface area contributed by atoms with Gasteiger partial charge in [0.1, 0.15) is 0 Å². The summed E-state index contributed by atoms with van der Waals surface area (Å²) < 4.78 is 0.881. The van der Waals surface area contributed by atoms with Crippen LogP contribution in [0.3, 0.4) is 0 Å². The summed E-state index contributed by atoms with van der Waals surface area (Å²) in [5.41, 5.74) is 0. The van der Waals surface area contributed by atoms with E-state index in [0.29, 0.717) is 12.1 Å². The molecule has 78 valence electrons. The predicted octanol–water partition coefficient (Wildman–Crippen LogP) is 2.37. The summed E-state index contributed by atoms with van der Waals surface area (Å²) in [5, 5.41) is 3.29. The number of hydrogen-bond donors (Lipinski definition) is 1. The van der Waals surface area contributed by atoms with Gasteiger partial charge < -0.3 is 5.32 Å². The predicted molar refractivity (Wildman–Crippen MR) is 62.2 cm³/mol. The van der Waals surface area contributed by atoms with Gasteiger partial charge in [-0.1, -0.05) is 11.6 Å². The molecule has 1 fully saturated rings. The van der Waals surface area contributed by atoms with Crippen molar-refractivity contribution in [1.29, 1.82) is 0 Å². The molecule has 0 spiro atoms. The lowest BCUT2D eigenvalue weighted by Gasteiger charge is -2.38. The second-order valence-electron chi connectivity index (χ2n) is 3.80. The van der Waals surface area contributed by atoms with Crippen LogP contribution in [0.25, 0.3) is 0 Å². The van der Waals surface area contributed by atoms with Crippen molar-refractivity contribution in [3.05, 3.63) is 21.3 Å². The van der Waals surface area contributed by atoms with Crippen molar-refractivity contribution in [2.75, 3.05) is 20.1 Å². The molecule has 1 aromatic rings. The second kappa shape index (κ2) is 4.19. The number of hydrogen-bond acceptors (Lipinski definition) is 3. The first kappa shape index (κ1) is 10.4. The minimum absolute atomic E-state index is 0.472. The van der Waals surface area contributed by atoms with Crippen molar-refractivity contribution in [3.8, 4) is 0 Å². The van der Waals surface area contributed by atoms with Crippen molar-refractivity contribution in [1.82, 2.24) is 10.2 Å². The quantitative estimate of drug-likeness (QED) is 0.858. The van der Waals surface area contributed by atoms with Gasteiger partial charge in [-0.05, 0) is 26.1 Å². The van der Waals surface area contributed by atoms with E-state index < -0.39 is 0 Å². The Balaban J connectivity index is 2.03. The fourth-order valence-electron chi connectivity index (χ4n) is 1.63. The van der Waals surface area contributed by atoms with Crippen molar-refractivity contribution < 1.29 is 0 Å². The Morgan fingerprint density at radius 2 is 2.29 bits per heavy atom. The third kappa shape index (κ3) is 1.96. The first-order valence-electron chi connectivity index (χ1n) is 4.86. The molecule has 0 bridgehead atoms. The molecule has 0 aliphatic carbocycles. The molecule has 0 saturated carbocycles. The summed E-state index contributed by atoms with van der Waals surface area (Å²) in [7, 11) is 2.18. The highest BCUT2D eigenvalue weighted by Crippen LogP contribution is 2.30. The minimum atomic E-state index is 0.472. The summed E-state index contributed by atoms with van der Waals surface area (Å²) in [6, 6.07) is 5.26. The van der Waals surface area contributed by atoms with Crippen molar-refractivity contribution in [2.24, 2.45) is 0 Å². The van der Waals surface area contributed by atoms with Gasteiger partial charge in [-0.25, -0.2) is 0 Å². The van der Waals surface area contributed by atoms with Crippen LogP contribution in [0.4, 0.5) is 0 Å². The Labute approximate surface area is 93.9 Å². The molecule has 1 atom stereocenters. The molecule has 1 aromatic heterocycles. The number of halogens is 1. The van der Waals surface area contributed by atoms with Crippen LogP contribution >= 0.6 is 22.9 Å². The molecule has 2 rings (SSSR count). The molecule has 1 aliphatic heterocycles. The molecular formula is C10H15ClN2S. The van der Waals surface area contributed by atoms with Crippen molar-refractivity contribution in [3.63, 3.8) is 0 Å². The van der Waals surface area contributed by atoms with E-state index in [9.17, 15) is 0 Å². The van der Waals surface area contributed by atoms with Crippen LogP contribution in [0.1, 0.15) is 17.8 Å². The van der Waals surface area contributed by atoms with E-state index in [-0.39, 0.29) is 0 Å². The molecule has 0 amide bonds. The van der Waals surface area contributed by atoms with E-state index in [2.05, 4.69) is 30.3 Å². The molecule has 2 nitrogen and oxygen atoms in total. The number of rotatable bonds is 3. The van der Waals surface area contributed by atoms with Gasteiger partial charge in [0.25, 0.3) is 0 Å². The smallest absolute Gasteiger partial charge is 0.0931 e. The third-order valence-electron chi connectivity index (χ3n) is 2.95. The molecule has 0 aromatic carbocycles. The van der Waals surface area contributed by atoms with Gasteiger partial charge in [0.05, 0.1) is 4.34 Å². The maximum atomic E-state index is 5.92. The lowest BCUT2D eigenvalue weighted by atomic mass is 10.1. The van der Waals surface area contributed by atoms with Crippen molar-refractivity contribution >= 4 is 22.9 Å². The normalized spacial score (nSPS) is 19.7. The summed E-state index contributed by atoms with van der Waals surface area (Å²) in [4.78, 5) is 3.77. The van der Waals surface area contributed by atoms with Gasteiger partial charge in [-0.15, -0.1) is 11.3 Å². The Morgan fingerprint density at radius 1 is 1.57 bits per heavy atom. The maximum Gasteiger partial charge on any atom is 0.0931 e. The van der Waals surface area contributed by atoms with Gasteiger partial charge in [0.15, 0.2) is 0 Å². The van der Waals surface area contributed by atoms with Crippen LogP contribution in [0.15, 0.2) is 12.1 Å². The molecule has 1 saturated heterocycles. The highest BCUT2D eigenvalue weighted by Gasteiger charge is 2.26. The Morgan fingerprint density at radius 3 is 2.71 bits per heavy atom. The number of nitrogens with one attached hydrogen (secondary N) is 1. The van der Waals surface area contributed by atoms with Gasteiger partial charge >= 0.3 is 0 Å². The number of likely N-dealkylation sites (N-methyl/N-ethyl adjacent to an activating group) is 1. The lowest BCUT2D eigenvalue weighted by molar-refractivity contribution is 0.138. The zero-order chi connectivity index (χ0) is 10.1. The van der Waals surface area contributed by atoms with Crippen LogP contribution in [0.2, 0.25) is 4.34 Å². The highest BCUT2D eigenvalue weighted by molar-refractivity contribution is 7.16. The summed E-state index contributed by atoms with van der Waals surface area (Å²) >= 11 is 7.60. The molecule has 0 radical (unpaired) electrons. The van der Waals surface area contributed by atoms with Crippen molar-refractivity contribution in [2.45, 2.75) is 19.0 Å². The van der Waals surface area contributed by atoms with Crippen LogP contribution in [0, 0.1) is 0 Å². The zero-order valence-electron chi connectivity index (χ0n) is 8.46. The van der Waals surface area contributed by atoms with E-state index in [1.54, 1.807) is 11.3 Å². The van der Waals surface area contributed by atoms with Gasteiger partial charge in [-0.2, -0.15) is 0 Å². The fraction of sp³-hybridized carbons (Fsp3) is 0.600. The highest BCUT2D eigenvalue weighted by atomic mass is 35.5. The standard InChI is InChI=1S/C10H15ClN2S/c1-7(9-3-4-10(11)14-9)13(2)8-5-12-6-8/h3-4,7-8,12H,5-6H2,1-2H3. The third-order valence-corrected chi connectivity index (χ3v) is 4.35. The van der Waals surface area contributed by atoms with Gasteiger partial charge in [0, 0.05) is 30.1 Å². The molecule has 14 heavy (non-hydrogen) atoms. The van der Waals surface area contributed by atoms with E-state index in [4.69, 9.17) is 11.6 Å². The summed E-state index contributed by atoms with van der Waals surface area (Å²) in [6.45, 7) is 4.46. The lowest BCUT2D eigenvalue weighted by Crippen LogP contribution is -2.56. The topological polar surface area (TPSA) is 15.3 Å². The Bertz CT molecular complexity index is 309. The largest absolute Gasteiger partial charge is 0.314 e. The zero-order valence-corrected chi connectivity index (χ0v) is 10.0. The summed E-state index contributed by atoms with van der Waals surface area (Å²) in [5.74, 6) is 0. The van der Waals surface area contributed by atoms with E-state index in [1.165, 1.54) is 4.88 Å².